The molecule has 4 bridgehead atoms. The standard InChI is InChI=1S/C23H28F2N2O3/c24-22(25)30-19-4-2-1-3-18(19)20(28)26-5-7-27(8-6-26)21(29)23-12-15-9-16(13-23)11-17(10-15)14-23/h1-4,15-17,22H,5-14H2. The highest BCUT2D eigenvalue weighted by molar-refractivity contribution is 5.97. The van der Waals surface area contributed by atoms with Gasteiger partial charge in [-0.05, 0) is 68.4 Å². The van der Waals surface area contributed by atoms with Gasteiger partial charge in [0.05, 0.1) is 11.0 Å². The summed E-state index contributed by atoms with van der Waals surface area (Å²) in [6, 6.07) is 6.09. The molecule has 4 aliphatic carbocycles. The zero-order chi connectivity index (χ0) is 20.9. The van der Waals surface area contributed by atoms with Gasteiger partial charge in [0.2, 0.25) is 5.91 Å². The van der Waals surface area contributed by atoms with Crippen molar-refractivity contribution >= 4 is 11.8 Å². The third-order valence-corrected chi connectivity index (χ3v) is 7.68. The molecule has 0 atom stereocenters. The van der Waals surface area contributed by atoms with Crippen LogP contribution in [0.2, 0.25) is 0 Å². The Morgan fingerprint density at radius 1 is 0.900 bits per heavy atom. The smallest absolute Gasteiger partial charge is 0.387 e. The molecule has 7 heteroatoms. The Hall–Kier alpha value is -2.18. The predicted molar refractivity (Wildman–Crippen MR) is 106 cm³/mol. The Morgan fingerprint density at radius 3 is 2.00 bits per heavy atom. The number of alkyl halides is 2. The van der Waals surface area contributed by atoms with E-state index in [-0.39, 0.29) is 28.5 Å². The highest BCUT2D eigenvalue weighted by Gasteiger charge is 2.55. The van der Waals surface area contributed by atoms with Gasteiger partial charge in [-0.25, -0.2) is 0 Å². The van der Waals surface area contributed by atoms with Crippen LogP contribution >= 0.6 is 0 Å². The van der Waals surface area contributed by atoms with Crippen molar-refractivity contribution < 1.29 is 23.1 Å². The van der Waals surface area contributed by atoms with Gasteiger partial charge in [-0.1, -0.05) is 12.1 Å². The number of halogens is 2. The Morgan fingerprint density at radius 2 is 1.43 bits per heavy atom. The van der Waals surface area contributed by atoms with Crippen molar-refractivity contribution in [2.24, 2.45) is 23.2 Å². The predicted octanol–water partition coefficient (Wildman–Crippen LogP) is 3.79. The molecule has 0 radical (unpaired) electrons. The molecule has 4 saturated carbocycles. The summed E-state index contributed by atoms with van der Waals surface area (Å²) >= 11 is 0. The maximum Gasteiger partial charge on any atom is 0.387 e. The lowest BCUT2D eigenvalue weighted by Gasteiger charge is -2.57. The van der Waals surface area contributed by atoms with Gasteiger partial charge >= 0.3 is 6.61 Å². The fourth-order valence-corrected chi connectivity index (χ4v) is 6.83. The first-order valence-electron chi connectivity index (χ1n) is 11.1. The van der Waals surface area contributed by atoms with Crippen LogP contribution in [0, 0.1) is 23.2 Å². The van der Waals surface area contributed by atoms with E-state index in [4.69, 9.17) is 0 Å². The number of rotatable bonds is 4. The summed E-state index contributed by atoms with van der Waals surface area (Å²) in [5.41, 5.74) is -0.0304. The van der Waals surface area contributed by atoms with E-state index in [0.717, 1.165) is 37.0 Å². The molecule has 6 rings (SSSR count). The molecule has 0 N–H and O–H groups in total. The summed E-state index contributed by atoms with van der Waals surface area (Å²) < 4.78 is 29.8. The zero-order valence-corrected chi connectivity index (χ0v) is 17.1. The lowest BCUT2D eigenvalue weighted by atomic mass is 9.49. The molecular weight excluding hydrogens is 390 g/mol. The van der Waals surface area contributed by atoms with Crippen LogP contribution in [0.4, 0.5) is 8.78 Å². The second-order valence-electron chi connectivity index (χ2n) is 9.66. The van der Waals surface area contributed by atoms with E-state index in [2.05, 4.69) is 4.74 Å². The first-order chi connectivity index (χ1) is 14.4. The molecule has 5 aliphatic rings. The number of piperazine rings is 1. The second-order valence-corrected chi connectivity index (χ2v) is 9.66. The summed E-state index contributed by atoms with van der Waals surface area (Å²) in [5, 5.41) is 0. The average molecular weight is 418 g/mol. The highest BCUT2D eigenvalue weighted by Crippen LogP contribution is 2.60. The Bertz CT molecular complexity index is 800. The quantitative estimate of drug-likeness (QED) is 0.748. The summed E-state index contributed by atoms with van der Waals surface area (Å²) in [7, 11) is 0. The van der Waals surface area contributed by atoms with Crippen LogP contribution in [0.5, 0.6) is 5.75 Å². The SMILES string of the molecule is O=C(c1ccccc1OC(F)F)N1CCN(C(=O)C23CC4CC(CC(C4)C2)C3)CC1. The van der Waals surface area contributed by atoms with Crippen molar-refractivity contribution in [2.45, 2.75) is 45.1 Å². The van der Waals surface area contributed by atoms with E-state index in [0.29, 0.717) is 26.2 Å². The topological polar surface area (TPSA) is 49.9 Å². The van der Waals surface area contributed by atoms with Crippen molar-refractivity contribution in [3.05, 3.63) is 29.8 Å². The number of hydrogen-bond donors (Lipinski definition) is 0. The van der Waals surface area contributed by atoms with Crippen LogP contribution in [0.25, 0.3) is 0 Å². The first-order valence-corrected chi connectivity index (χ1v) is 11.1. The van der Waals surface area contributed by atoms with E-state index in [1.807, 2.05) is 4.90 Å². The van der Waals surface area contributed by atoms with E-state index in [9.17, 15) is 18.4 Å². The van der Waals surface area contributed by atoms with Gasteiger partial charge in [-0.2, -0.15) is 8.78 Å². The Balaban J connectivity index is 1.24. The van der Waals surface area contributed by atoms with Gasteiger partial charge in [0.25, 0.3) is 5.91 Å². The van der Waals surface area contributed by atoms with E-state index < -0.39 is 6.61 Å². The normalized spacial score (nSPS) is 32.6. The van der Waals surface area contributed by atoms with E-state index >= 15 is 0 Å². The average Bonchev–Trinajstić information content (AvgIpc) is 2.72. The summed E-state index contributed by atoms with van der Waals surface area (Å²) in [6.07, 6.45) is 7.01. The number of amides is 2. The molecule has 1 aliphatic heterocycles. The van der Waals surface area contributed by atoms with Crippen LogP contribution in [-0.2, 0) is 4.79 Å². The molecule has 1 aromatic rings. The van der Waals surface area contributed by atoms with Crippen LogP contribution in [0.15, 0.2) is 24.3 Å². The van der Waals surface area contributed by atoms with Gasteiger partial charge in [0.1, 0.15) is 5.75 Å². The third kappa shape index (κ3) is 3.46. The maximum absolute atomic E-state index is 13.5. The molecule has 5 fully saturated rings. The minimum Gasteiger partial charge on any atom is -0.434 e. The summed E-state index contributed by atoms with van der Waals surface area (Å²) in [6.45, 7) is -1.14. The fourth-order valence-electron chi connectivity index (χ4n) is 6.83. The van der Waals surface area contributed by atoms with Crippen molar-refractivity contribution in [3.63, 3.8) is 0 Å². The van der Waals surface area contributed by atoms with Gasteiger partial charge in [-0.3, -0.25) is 9.59 Å². The van der Waals surface area contributed by atoms with Crippen LogP contribution in [0.3, 0.4) is 0 Å². The molecule has 0 unspecified atom stereocenters. The lowest BCUT2D eigenvalue weighted by molar-refractivity contribution is -0.159. The molecule has 1 aromatic carbocycles. The number of benzene rings is 1. The number of carbonyl (C=O) groups is 2. The minimum atomic E-state index is -2.98. The molecule has 0 aromatic heterocycles. The highest BCUT2D eigenvalue weighted by atomic mass is 19.3. The number of nitrogens with zero attached hydrogens (tertiary/aromatic N) is 2. The molecule has 30 heavy (non-hydrogen) atoms. The lowest BCUT2D eigenvalue weighted by Crippen LogP contribution is -2.58. The molecule has 5 nitrogen and oxygen atoms in total. The molecule has 1 heterocycles. The Kier molecular flexibility index (Phi) is 4.94. The number of carbonyl (C=O) groups excluding carboxylic acids is 2. The number of hydrogen-bond acceptors (Lipinski definition) is 3. The largest absolute Gasteiger partial charge is 0.434 e. The second kappa shape index (κ2) is 7.50. The number of ether oxygens (including phenoxy) is 1. The Labute approximate surface area is 175 Å². The van der Waals surface area contributed by atoms with E-state index in [1.165, 1.54) is 31.4 Å². The number of para-hydroxylation sites is 1. The van der Waals surface area contributed by atoms with Gasteiger partial charge < -0.3 is 14.5 Å². The monoisotopic (exact) mass is 418 g/mol. The van der Waals surface area contributed by atoms with E-state index in [1.54, 1.807) is 17.0 Å². The maximum atomic E-state index is 13.5. The molecule has 0 spiro atoms. The van der Waals surface area contributed by atoms with Crippen LogP contribution < -0.4 is 4.74 Å². The van der Waals surface area contributed by atoms with Crippen LogP contribution in [-0.4, -0.2) is 54.4 Å². The van der Waals surface area contributed by atoms with Gasteiger partial charge in [0.15, 0.2) is 0 Å². The first kappa shape index (κ1) is 19.8. The van der Waals surface area contributed by atoms with Crippen molar-refractivity contribution in [2.75, 3.05) is 26.2 Å². The zero-order valence-electron chi connectivity index (χ0n) is 17.1. The van der Waals surface area contributed by atoms with Crippen molar-refractivity contribution in [1.29, 1.82) is 0 Å². The molecule has 1 saturated heterocycles. The molecule has 2 amide bonds. The minimum absolute atomic E-state index is 0.107. The van der Waals surface area contributed by atoms with Crippen molar-refractivity contribution in [3.8, 4) is 5.75 Å². The molecule has 162 valence electrons. The van der Waals surface area contributed by atoms with Gasteiger partial charge in [-0.15, -0.1) is 0 Å². The summed E-state index contributed by atoms with van der Waals surface area (Å²) in [4.78, 5) is 30.0. The van der Waals surface area contributed by atoms with Crippen molar-refractivity contribution in [1.82, 2.24) is 9.80 Å². The van der Waals surface area contributed by atoms with Crippen LogP contribution in [0.1, 0.15) is 48.9 Å². The third-order valence-electron chi connectivity index (χ3n) is 7.68. The summed E-state index contributed by atoms with van der Waals surface area (Å²) in [5.74, 6) is 2.01. The fraction of sp³-hybridized carbons (Fsp3) is 0.652. The van der Waals surface area contributed by atoms with Gasteiger partial charge in [0, 0.05) is 26.2 Å². The molecular formula is C23H28F2N2O3.